The lowest BCUT2D eigenvalue weighted by Crippen LogP contribution is -2.05. The molecule has 0 spiro atoms. The second kappa shape index (κ2) is 5.68. The van der Waals surface area contributed by atoms with Gasteiger partial charge in [-0.15, -0.1) is 5.11 Å². The molecule has 0 fully saturated rings. The summed E-state index contributed by atoms with van der Waals surface area (Å²) in [6.45, 7) is 1.95. The molecule has 2 aromatic rings. The topological polar surface area (TPSA) is 70.0 Å². The number of carbonyl (C=O) groups is 1. The molecule has 20 heavy (non-hydrogen) atoms. The van der Waals surface area contributed by atoms with E-state index < -0.39 is 11.8 Å². The number of nitrogens with one attached hydrogen (secondary N) is 1. The zero-order chi connectivity index (χ0) is 14.7. The van der Waals surface area contributed by atoms with E-state index in [1.54, 1.807) is 27.1 Å². The molecule has 0 aliphatic rings. The summed E-state index contributed by atoms with van der Waals surface area (Å²) >= 11 is 0. The average Bonchev–Trinajstić information content (AvgIpc) is 2.74. The minimum Gasteiger partial charge on any atom is -0.461 e. The fourth-order valence-electron chi connectivity index (χ4n) is 1.74. The van der Waals surface area contributed by atoms with Crippen molar-refractivity contribution in [3.8, 4) is 0 Å². The molecule has 0 saturated heterocycles. The molecule has 1 N–H and O–H groups in total. The van der Waals surface area contributed by atoms with Gasteiger partial charge in [0.15, 0.2) is 5.69 Å². The van der Waals surface area contributed by atoms with Crippen LogP contribution in [0.15, 0.2) is 28.5 Å². The van der Waals surface area contributed by atoms with Crippen LogP contribution in [-0.2, 0) is 4.74 Å². The highest BCUT2D eigenvalue weighted by Crippen LogP contribution is 2.32. The van der Waals surface area contributed by atoms with Gasteiger partial charge in [0, 0.05) is 25.0 Å². The maximum atomic E-state index is 13.4. The van der Waals surface area contributed by atoms with Crippen molar-refractivity contribution in [2.45, 2.75) is 6.92 Å². The number of hydrogen-bond donors (Lipinski definition) is 1. The van der Waals surface area contributed by atoms with Crippen LogP contribution in [0.1, 0.15) is 17.4 Å². The molecule has 7 heteroatoms. The number of esters is 1. The van der Waals surface area contributed by atoms with Gasteiger partial charge in [-0.05, 0) is 25.1 Å². The summed E-state index contributed by atoms with van der Waals surface area (Å²) in [5.74, 6) is -0.954. The second-order valence-corrected chi connectivity index (χ2v) is 4.30. The minimum absolute atomic E-state index is 0.165. The Labute approximate surface area is 115 Å². The van der Waals surface area contributed by atoms with Crippen LogP contribution in [0.3, 0.4) is 0 Å². The zero-order valence-corrected chi connectivity index (χ0v) is 11.5. The van der Waals surface area contributed by atoms with Gasteiger partial charge in [0.05, 0.1) is 6.61 Å². The monoisotopic (exact) mass is 278 g/mol. The quantitative estimate of drug-likeness (QED) is 0.531. The molecule has 106 valence electrons. The van der Waals surface area contributed by atoms with E-state index in [0.717, 1.165) is 0 Å². The highest BCUT2D eigenvalue weighted by atomic mass is 19.1. The molecule has 0 saturated carbocycles. The third-order valence-corrected chi connectivity index (χ3v) is 2.54. The molecular formula is C13H15FN4O2. The maximum absolute atomic E-state index is 13.4. The van der Waals surface area contributed by atoms with Crippen molar-refractivity contribution in [3.05, 3.63) is 29.7 Å². The largest absolute Gasteiger partial charge is 0.461 e. The zero-order valence-electron chi connectivity index (χ0n) is 11.5. The maximum Gasteiger partial charge on any atom is 0.357 e. The van der Waals surface area contributed by atoms with Crippen molar-refractivity contribution < 1.29 is 13.9 Å². The molecular weight excluding hydrogens is 263 g/mol. The van der Waals surface area contributed by atoms with Crippen molar-refractivity contribution in [2.24, 2.45) is 10.3 Å². The number of fused-ring (bicyclic) bond motifs is 1. The fourth-order valence-corrected chi connectivity index (χ4v) is 1.74. The molecule has 0 bridgehead atoms. The number of rotatable bonds is 4. The molecule has 1 aromatic heterocycles. The lowest BCUT2D eigenvalue weighted by Gasteiger charge is -2.02. The molecule has 0 atom stereocenters. The van der Waals surface area contributed by atoms with Crippen LogP contribution in [-0.4, -0.2) is 36.7 Å². The standard InChI is InChI=1S/C13H15FN4O2/c1-4-20-13(19)12-11(16-17-18(2)3)9-7-8(14)5-6-10(9)15-12/h5-7,15H,4H2,1-3H3. The third kappa shape index (κ3) is 2.76. The van der Waals surface area contributed by atoms with Gasteiger partial charge in [0.25, 0.3) is 0 Å². The van der Waals surface area contributed by atoms with Crippen molar-refractivity contribution in [3.63, 3.8) is 0 Å². The van der Waals surface area contributed by atoms with E-state index in [9.17, 15) is 9.18 Å². The third-order valence-electron chi connectivity index (χ3n) is 2.54. The van der Waals surface area contributed by atoms with E-state index in [0.29, 0.717) is 10.9 Å². The number of hydrogen-bond acceptors (Lipinski definition) is 4. The number of aromatic nitrogens is 1. The molecule has 1 heterocycles. The Hall–Kier alpha value is -2.44. The number of H-pyrrole nitrogens is 1. The van der Waals surface area contributed by atoms with Gasteiger partial charge in [0.1, 0.15) is 11.5 Å². The van der Waals surface area contributed by atoms with Crippen LogP contribution >= 0.6 is 0 Å². The Bertz CT molecular complexity index is 664. The molecule has 0 aliphatic carbocycles. The van der Waals surface area contributed by atoms with Gasteiger partial charge in [0.2, 0.25) is 0 Å². The van der Waals surface area contributed by atoms with Crippen LogP contribution in [0.5, 0.6) is 0 Å². The summed E-state index contributed by atoms with van der Waals surface area (Å²) in [6, 6.07) is 4.15. The Kier molecular flexibility index (Phi) is 3.97. The van der Waals surface area contributed by atoms with E-state index in [4.69, 9.17) is 4.74 Å². The van der Waals surface area contributed by atoms with Gasteiger partial charge >= 0.3 is 5.97 Å². The fraction of sp³-hybridized carbons (Fsp3) is 0.308. The Balaban J connectivity index is 2.60. The van der Waals surface area contributed by atoms with Crippen molar-refractivity contribution in [1.29, 1.82) is 0 Å². The van der Waals surface area contributed by atoms with Crippen LogP contribution in [0.2, 0.25) is 0 Å². The predicted octanol–water partition coefficient (Wildman–Crippen LogP) is 3.04. The van der Waals surface area contributed by atoms with E-state index >= 15 is 0 Å². The van der Waals surface area contributed by atoms with E-state index in [1.807, 2.05) is 0 Å². The summed E-state index contributed by atoms with van der Waals surface area (Å²) in [5.41, 5.74) is 1.03. The molecule has 0 unspecified atom stereocenters. The van der Waals surface area contributed by atoms with E-state index in [1.165, 1.54) is 17.1 Å². The SMILES string of the molecule is CCOC(=O)c1[nH]c2ccc(F)cc2c1N=NN(C)C. The van der Waals surface area contributed by atoms with Crippen LogP contribution in [0.25, 0.3) is 10.9 Å². The van der Waals surface area contributed by atoms with Crippen LogP contribution in [0.4, 0.5) is 10.1 Å². The highest BCUT2D eigenvalue weighted by molar-refractivity contribution is 6.04. The molecule has 0 aliphatic heterocycles. The second-order valence-electron chi connectivity index (χ2n) is 4.30. The van der Waals surface area contributed by atoms with E-state index in [2.05, 4.69) is 15.3 Å². The van der Waals surface area contributed by atoms with Gasteiger partial charge in [-0.3, -0.25) is 5.01 Å². The highest BCUT2D eigenvalue weighted by Gasteiger charge is 2.19. The molecule has 6 nitrogen and oxygen atoms in total. The number of nitrogens with zero attached hydrogens (tertiary/aromatic N) is 3. The van der Waals surface area contributed by atoms with Crippen molar-refractivity contribution in [2.75, 3.05) is 20.7 Å². The first kappa shape index (κ1) is 14.0. The average molecular weight is 278 g/mol. The molecule has 2 rings (SSSR count). The van der Waals surface area contributed by atoms with Crippen molar-refractivity contribution >= 4 is 22.6 Å². The lowest BCUT2D eigenvalue weighted by molar-refractivity contribution is 0.0521. The Morgan fingerprint density at radius 2 is 2.20 bits per heavy atom. The summed E-state index contributed by atoms with van der Waals surface area (Å²) in [6.07, 6.45) is 0. The van der Waals surface area contributed by atoms with Gasteiger partial charge in [-0.2, -0.15) is 0 Å². The number of carbonyl (C=O) groups excluding carboxylic acids is 1. The minimum atomic E-state index is -0.545. The number of ether oxygens (including phenoxy) is 1. The number of aromatic amines is 1. The molecule has 0 amide bonds. The Morgan fingerprint density at radius 1 is 1.45 bits per heavy atom. The lowest BCUT2D eigenvalue weighted by atomic mass is 10.2. The van der Waals surface area contributed by atoms with E-state index in [-0.39, 0.29) is 18.0 Å². The number of halogens is 1. The summed E-state index contributed by atoms with van der Waals surface area (Å²) < 4.78 is 18.3. The van der Waals surface area contributed by atoms with Crippen LogP contribution in [0, 0.1) is 5.82 Å². The normalized spacial score (nSPS) is 11.2. The van der Waals surface area contributed by atoms with Gasteiger partial charge < -0.3 is 9.72 Å². The molecule has 1 aromatic carbocycles. The summed E-state index contributed by atoms with van der Waals surface area (Å²) in [4.78, 5) is 14.8. The predicted molar refractivity (Wildman–Crippen MR) is 72.4 cm³/mol. The Morgan fingerprint density at radius 3 is 2.85 bits per heavy atom. The first-order valence-electron chi connectivity index (χ1n) is 6.10. The van der Waals surface area contributed by atoms with Crippen molar-refractivity contribution in [1.82, 2.24) is 9.99 Å². The first-order chi connectivity index (χ1) is 9.52. The summed E-state index contributed by atoms with van der Waals surface area (Å²) in [5, 5.41) is 9.81. The van der Waals surface area contributed by atoms with Gasteiger partial charge in [-0.1, -0.05) is 5.22 Å². The number of benzene rings is 1. The summed E-state index contributed by atoms with van der Waals surface area (Å²) in [7, 11) is 3.39. The van der Waals surface area contributed by atoms with Gasteiger partial charge in [-0.25, -0.2) is 9.18 Å². The molecule has 0 radical (unpaired) electrons. The smallest absolute Gasteiger partial charge is 0.357 e. The van der Waals surface area contributed by atoms with Crippen LogP contribution < -0.4 is 0 Å². The first-order valence-corrected chi connectivity index (χ1v) is 6.10.